The fraction of sp³-hybridized carbons (Fsp3) is 0.714. The predicted molar refractivity (Wildman–Crippen MR) is 40.1 cm³/mol. The molecule has 0 rings (SSSR count). The molecule has 11 heavy (non-hydrogen) atoms. The van der Waals surface area contributed by atoms with Crippen molar-refractivity contribution in [3.63, 3.8) is 0 Å². The van der Waals surface area contributed by atoms with Crippen LogP contribution < -0.4 is 0 Å². The van der Waals surface area contributed by atoms with Crippen LogP contribution in [-0.2, 0) is 0 Å². The summed E-state index contributed by atoms with van der Waals surface area (Å²) in [5.74, 6) is -0.240. The van der Waals surface area contributed by atoms with Crippen molar-refractivity contribution in [2.24, 2.45) is 0 Å². The van der Waals surface area contributed by atoms with Gasteiger partial charge in [-0.05, 0) is 18.9 Å². The van der Waals surface area contributed by atoms with Crippen molar-refractivity contribution in [2.45, 2.75) is 18.9 Å². The zero-order valence-electron chi connectivity index (χ0n) is 6.27. The van der Waals surface area contributed by atoms with Gasteiger partial charge in [0, 0.05) is 6.61 Å². The average Bonchev–Trinajstić information content (AvgIpc) is 2.00. The minimum absolute atomic E-state index is 0.0186. The molecule has 4 N–H and O–H groups in total. The number of hydrogen-bond donors (Lipinski definition) is 4. The highest BCUT2D eigenvalue weighted by Crippen LogP contribution is 2.00. The molecule has 0 saturated carbocycles. The summed E-state index contributed by atoms with van der Waals surface area (Å²) < 4.78 is 0. The van der Waals surface area contributed by atoms with Crippen LogP contribution in [0.15, 0.2) is 11.8 Å². The molecule has 0 aliphatic rings. The molecule has 0 heterocycles. The third-order valence-corrected chi connectivity index (χ3v) is 1.20. The Hall–Kier alpha value is -0.580. The Morgan fingerprint density at radius 3 is 2.45 bits per heavy atom. The van der Waals surface area contributed by atoms with Gasteiger partial charge in [0.1, 0.15) is 5.76 Å². The van der Waals surface area contributed by atoms with Crippen LogP contribution >= 0.6 is 0 Å². The molecule has 4 nitrogen and oxygen atoms in total. The first-order valence-corrected chi connectivity index (χ1v) is 3.50. The maximum atomic E-state index is 9.02. The van der Waals surface area contributed by atoms with Crippen LogP contribution in [0.2, 0.25) is 0 Å². The topological polar surface area (TPSA) is 80.9 Å². The van der Waals surface area contributed by atoms with E-state index in [0.717, 1.165) is 6.08 Å². The zero-order valence-corrected chi connectivity index (χ0v) is 6.27. The molecule has 0 aromatic heterocycles. The van der Waals surface area contributed by atoms with Crippen molar-refractivity contribution in [1.82, 2.24) is 0 Å². The maximum absolute atomic E-state index is 9.02. The van der Waals surface area contributed by atoms with E-state index < -0.39 is 12.7 Å². The Labute approximate surface area is 65.4 Å². The Morgan fingerprint density at radius 1 is 1.36 bits per heavy atom. The van der Waals surface area contributed by atoms with Crippen LogP contribution in [0.25, 0.3) is 0 Å². The molecule has 0 aromatic rings. The van der Waals surface area contributed by atoms with Crippen molar-refractivity contribution in [1.29, 1.82) is 0 Å². The Kier molecular flexibility index (Phi) is 5.83. The van der Waals surface area contributed by atoms with Gasteiger partial charge in [0.2, 0.25) is 0 Å². The lowest BCUT2D eigenvalue weighted by molar-refractivity contribution is 0.180. The summed E-state index contributed by atoms with van der Waals surface area (Å²) in [6.45, 7) is -0.443. The van der Waals surface area contributed by atoms with Gasteiger partial charge in [-0.2, -0.15) is 0 Å². The van der Waals surface area contributed by atoms with E-state index in [1.165, 1.54) is 0 Å². The number of rotatable bonds is 5. The molecule has 4 heteroatoms. The minimum atomic E-state index is -0.783. The van der Waals surface area contributed by atoms with Gasteiger partial charge < -0.3 is 20.4 Å². The molecular weight excluding hydrogens is 148 g/mol. The zero-order chi connectivity index (χ0) is 8.69. The van der Waals surface area contributed by atoms with Gasteiger partial charge >= 0.3 is 0 Å². The van der Waals surface area contributed by atoms with Crippen LogP contribution in [-0.4, -0.2) is 39.7 Å². The van der Waals surface area contributed by atoms with Crippen molar-refractivity contribution < 1.29 is 20.4 Å². The molecule has 0 amide bonds. The van der Waals surface area contributed by atoms with E-state index in [1.54, 1.807) is 0 Å². The molecule has 1 unspecified atom stereocenters. The molecule has 0 aliphatic carbocycles. The summed E-state index contributed by atoms with van der Waals surface area (Å²) in [7, 11) is 0. The highest BCUT2D eigenvalue weighted by atomic mass is 16.3. The largest absolute Gasteiger partial charge is 0.510 e. The lowest BCUT2D eigenvalue weighted by Crippen LogP contribution is -2.05. The number of aliphatic hydroxyl groups is 4. The first kappa shape index (κ1) is 10.4. The first-order valence-electron chi connectivity index (χ1n) is 3.50. The fourth-order valence-corrected chi connectivity index (χ4v) is 0.659. The second kappa shape index (κ2) is 6.15. The number of aliphatic hydroxyl groups excluding tert-OH is 4. The smallest absolute Gasteiger partial charge is 0.116 e. The van der Waals surface area contributed by atoms with Gasteiger partial charge in [-0.1, -0.05) is 0 Å². The molecule has 0 fully saturated rings. The second-order valence-electron chi connectivity index (χ2n) is 2.25. The Morgan fingerprint density at radius 2 is 2.00 bits per heavy atom. The van der Waals surface area contributed by atoms with E-state index >= 15 is 0 Å². The summed E-state index contributed by atoms with van der Waals surface area (Å²) in [5.41, 5.74) is 0. The van der Waals surface area contributed by atoms with Crippen molar-refractivity contribution in [2.75, 3.05) is 13.2 Å². The lowest BCUT2D eigenvalue weighted by atomic mass is 10.2. The van der Waals surface area contributed by atoms with Gasteiger partial charge in [-0.3, -0.25) is 0 Å². The monoisotopic (exact) mass is 162 g/mol. The molecule has 0 saturated heterocycles. The van der Waals surface area contributed by atoms with Crippen molar-refractivity contribution >= 4 is 0 Å². The summed E-state index contributed by atoms with van der Waals surface area (Å²) >= 11 is 0. The van der Waals surface area contributed by atoms with Gasteiger partial charge in [-0.15, -0.1) is 0 Å². The quantitative estimate of drug-likeness (QED) is 0.413. The summed E-state index contributed by atoms with van der Waals surface area (Å²) in [6, 6.07) is 0. The fourth-order valence-electron chi connectivity index (χ4n) is 0.659. The van der Waals surface area contributed by atoms with Crippen LogP contribution in [0.1, 0.15) is 12.8 Å². The molecule has 0 aromatic carbocycles. The molecule has 1 atom stereocenters. The van der Waals surface area contributed by atoms with Crippen LogP contribution in [0, 0.1) is 0 Å². The van der Waals surface area contributed by atoms with E-state index in [0.29, 0.717) is 12.8 Å². The lowest BCUT2D eigenvalue weighted by Gasteiger charge is -2.03. The van der Waals surface area contributed by atoms with Gasteiger partial charge in [0.25, 0.3) is 0 Å². The van der Waals surface area contributed by atoms with Crippen LogP contribution in [0.3, 0.4) is 0 Å². The summed E-state index contributed by atoms with van der Waals surface area (Å²) in [6.07, 6.45) is 1.25. The van der Waals surface area contributed by atoms with Gasteiger partial charge in [0.05, 0.1) is 12.7 Å². The maximum Gasteiger partial charge on any atom is 0.116 e. The van der Waals surface area contributed by atoms with Crippen molar-refractivity contribution in [3.05, 3.63) is 11.8 Å². The van der Waals surface area contributed by atoms with E-state index in [9.17, 15) is 0 Å². The molecule has 66 valence electrons. The standard InChI is InChI=1S/C7H14O4/c8-3-1-2-6(10)4-7(11)5-9/h4,6,8-11H,1-3,5H2/b7-4-. The van der Waals surface area contributed by atoms with E-state index in [4.69, 9.17) is 20.4 Å². The third-order valence-electron chi connectivity index (χ3n) is 1.20. The molecular formula is C7H14O4. The first-order chi connectivity index (χ1) is 5.20. The molecule has 0 radical (unpaired) electrons. The van der Waals surface area contributed by atoms with E-state index in [2.05, 4.69) is 0 Å². The average molecular weight is 162 g/mol. The third kappa shape index (κ3) is 5.84. The van der Waals surface area contributed by atoms with Gasteiger partial charge in [0.15, 0.2) is 0 Å². The number of hydrogen-bond acceptors (Lipinski definition) is 4. The SMILES string of the molecule is OCCCC(O)/C=C(\O)CO. The van der Waals surface area contributed by atoms with Crippen LogP contribution in [0.5, 0.6) is 0 Å². The Balaban J connectivity index is 3.57. The second-order valence-corrected chi connectivity index (χ2v) is 2.25. The van der Waals surface area contributed by atoms with Crippen LogP contribution in [0.4, 0.5) is 0 Å². The van der Waals surface area contributed by atoms with E-state index in [1.807, 2.05) is 0 Å². The van der Waals surface area contributed by atoms with Gasteiger partial charge in [-0.25, -0.2) is 0 Å². The van der Waals surface area contributed by atoms with E-state index in [-0.39, 0.29) is 12.4 Å². The molecule has 0 spiro atoms. The van der Waals surface area contributed by atoms with Crippen molar-refractivity contribution in [3.8, 4) is 0 Å². The molecule has 0 bridgehead atoms. The summed E-state index contributed by atoms with van der Waals surface area (Å²) in [4.78, 5) is 0. The normalized spacial score (nSPS) is 15.0. The highest BCUT2D eigenvalue weighted by Gasteiger charge is 2.00. The summed E-state index contributed by atoms with van der Waals surface area (Å²) in [5, 5.41) is 34.4. The predicted octanol–water partition coefficient (Wildman–Crippen LogP) is -0.446. The minimum Gasteiger partial charge on any atom is -0.510 e. The molecule has 0 aliphatic heterocycles. The highest BCUT2D eigenvalue weighted by molar-refractivity contribution is 4.95. The Bertz CT molecular complexity index is 122.